The van der Waals surface area contributed by atoms with E-state index in [1.165, 1.54) is 4.90 Å². The van der Waals surface area contributed by atoms with Crippen LogP contribution in [-0.4, -0.2) is 23.3 Å². The van der Waals surface area contributed by atoms with Gasteiger partial charge in [-0.2, -0.15) is 0 Å². The minimum atomic E-state index is -0.189. The van der Waals surface area contributed by atoms with Crippen LogP contribution < -0.4 is 0 Å². The third-order valence-electron chi connectivity index (χ3n) is 2.48. The molecule has 3 heteroatoms. The summed E-state index contributed by atoms with van der Waals surface area (Å²) in [6, 6.07) is 8.95. The lowest BCUT2D eigenvalue weighted by Gasteiger charge is -2.20. The number of hydrogen-bond donors (Lipinski definition) is 0. The molecule has 1 aromatic carbocycles. The van der Waals surface area contributed by atoms with Gasteiger partial charge in [0, 0.05) is 18.5 Å². The summed E-state index contributed by atoms with van der Waals surface area (Å²) < 4.78 is 0. The highest BCUT2D eigenvalue weighted by molar-refractivity contribution is 6.04. The Labute approximate surface area is 102 Å². The van der Waals surface area contributed by atoms with Crippen LogP contribution in [0.2, 0.25) is 0 Å². The van der Waals surface area contributed by atoms with Crippen molar-refractivity contribution in [2.75, 3.05) is 6.54 Å². The maximum atomic E-state index is 12.2. The number of rotatable bonds is 5. The summed E-state index contributed by atoms with van der Waals surface area (Å²) in [5.41, 5.74) is 0.574. The fourth-order valence-electron chi connectivity index (χ4n) is 1.65. The van der Waals surface area contributed by atoms with E-state index in [4.69, 9.17) is 0 Å². The van der Waals surface area contributed by atoms with Crippen LogP contribution in [0.5, 0.6) is 0 Å². The summed E-state index contributed by atoms with van der Waals surface area (Å²) in [7, 11) is 0. The number of imide groups is 1. The highest BCUT2D eigenvalue weighted by atomic mass is 16.2. The van der Waals surface area contributed by atoms with Gasteiger partial charge in [0.2, 0.25) is 5.91 Å². The minimum absolute atomic E-state index is 0.0804. The first-order valence-electron chi connectivity index (χ1n) is 6.10. The lowest BCUT2D eigenvalue weighted by Crippen LogP contribution is -2.37. The van der Waals surface area contributed by atoms with Crippen molar-refractivity contribution in [1.82, 2.24) is 4.90 Å². The second-order valence-corrected chi connectivity index (χ2v) is 3.97. The zero-order valence-electron chi connectivity index (χ0n) is 10.5. The van der Waals surface area contributed by atoms with Gasteiger partial charge in [-0.3, -0.25) is 14.5 Å². The summed E-state index contributed by atoms with van der Waals surface area (Å²) >= 11 is 0. The normalized spacial score (nSPS) is 10.0. The molecule has 0 aromatic heterocycles. The van der Waals surface area contributed by atoms with Crippen LogP contribution in [0.3, 0.4) is 0 Å². The SMILES string of the molecule is CCCC(=O)N(CCC)C(=O)c1ccccc1. The average molecular weight is 233 g/mol. The van der Waals surface area contributed by atoms with Crippen LogP contribution in [0.25, 0.3) is 0 Å². The van der Waals surface area contributed by atoms with E-state index in [1.54, 1.807) is 12.1 Å². The van der Waals surface area contributed by atoms with Gasteiger partial charge in [0.25, 0.3) is 5.91 Å². The fourth-order valence-corrected chi connectivity index (χ4v) is 1.65. The highest BCUT2D eigenvalue weighted by Crippen LogP contribution is 2.08. The van der Waals surface area contributed by atoms with E-state index in [0.29, 0.717) is 18.5 Å². The summed E-state index contributed by atoms with van der Waals surface area (Å²) in [6.45, 7) is 4.39. The van der Waals surface area contributed by atoms with Crippen LogP contribution in [-0.2, 0) is 4.79 Å². The summed E-state index contributed by atoms with van der Waals surface area (Å²) in [6.07, 6.45) is 1.98. The molecule has 2 amide bonds. The molecule has 0 aliphatic carbocycles. The van der Waals surface area contributed by atoms with Gasteiger partial charge in [-0.25, -0.2) is 0 Å². The monoisotopic (exact) mass is 233 g/mol. The van der Waals surface area contributed by atoms with Crippen molar-refractivity contribution in [1.29, 1.82) is 0 Å². The van der Waals surface area contributed by atoms with Crippen molar-refractivity contribution < 1.29 is 9.59 Å². The molecular formula is C14H19NO2. The number of amides is 2. The van der Waals surface area contributed by atoms with E-state index in [1.807, 2.05) is 32.0 Å². The Morgan fingerprint density at radius 3 is 2.24 bits per heavy atom. The molecule has 0 unspecified atom stereocenters. The molecule has 0 bridgehead atoms. The van der Waals surface area contributed by atoms with Crippen LogP contribution in [0.1, 0.15) is 43.5 Å². The van der Waals surface area contributed by atoms with Crippen molar-refractivity contribution in [3.63, 3.8) is 0 Å². The van der Waals surface area contributed by atoms with Crippen LogP contribution in [0.15, 0.2) is 30.3 Å². The Kier molecular flexibility index (Phi) is 5.40. The molecule has 0 aliphatic rings. The highest BCUT2D eigenvalue weighted by Gasteiger charge is 2.20. The van der Waals surface area contributed by atoms with E-state index in [0.717, 1.165) is 12.8 Å². The lowest BCUT2D eigenvalue weighted by atomic mass is 10.2. The summed E-state index contributed by atoms with van der Waals surface area (Å²) in [5.74, 6) is -0.269. The minimum Gasteiger partial charge on any atom is -0.279 e. The average Bonchev–Trinajstić information content (AvgIpc) is 2.36. The van der Waals surface area contributed by atoms with Gasteiger partial charge in [-0.05, 0) is 25.0 Å². The van der Waals surface area contributed by atoms with Crippen molar-refractivity contribution in [3.8, 4) is 0 Å². The quantitative estimate of drug-likeness (QED) is 0.784. The first kappa shape index (κ1) is 13.4. The standard InChI is InChI=1S/C14H19NO2/c1-3-8-13(16)15(11-4-2)14(17)12-9-6-5-7-10-12/h5-7,9-10H,3-4,8,11H2,1-2H3. The molecule has 0 aliphatic heterocycles. The Morgan fingerprint density at radius 1 is 1.06 bits per heavy atom. The molecule has 0 heterocycles. The first-order valence-corrected chi connectivity index (χ1v) is 6.10. The number of hydrogen-bond acceptors (Lipinski definition) is 2. The molecule has 0 radical (unpaired) electrons. The van der Waals surface area contributed by atoms with Gasteiger partial charge in [0.05, 0.1) is 0 Å². The third-order valence-corrected chi connectivity index (χ3v) is 2.48. The van der Waals surface area contributed by atoms with Crippen LogP contribution in [0, 0.1) is 0 Å². The predicted octanol–water partition coefficient (Wildman–Crippen LogP) is 2.87. The Morgan fingerprint density at radius 2 is 1.71 bits per heavy atom. The molecule has 0 atom stereocenters. The Hall–Kier alpha value is -1.64. The smallest absolute Gasteiger partial charge is 0.260 e. The van der Waals surface area contributed by atoms with Gasteiger partial charge in [-0.15, -0.1) is 0 Å². The molecule has 0 fully saturated rings. The predicted molar refractivity (Wildman–Crippen MR) is 67.7 cm³/mol. The van der Waals surface area contributed by atoms with E-state index >= 15 is 0 Å². The molecule has 0 N–H and O–H groups in total. The molecule has 1 rings (SSSR count). The zero-order valence-corrected chi connectivity index (χ0v) is 10.5. The van der Waals surface area contributed by atoms with Gasteiger partial charge in [-0.1, -0.05) is 32.0 Å². The maximum Gasteiger partial charge on any atom is 0.260 e. The number of carbonyl (C=O) groups excluding carboxylic acids is 2. The molecule has 17 heavy (non-hydrogen) atoms. The summed E-state index contributed by atoms with van der Waals surface area (Å²) in [5, 5.41) is 0. The lowest BCUT2D eigenvalue weighted by molar-refractivity contribution is -0.128. The van der Waals surface area contributed by atoms with Crippen molar-refractivity contribution in [2.45, 2.75) is 33.1 Å². The van der Waals surface area contributed by atoms with Crippen LogP contribution in [0.4, 0.5) is 0 Å². The molecule has 3 nitrogen and oxygen atoms in total. The van der Waals surface area contributed by atoms with E-state index in [9.17, 15) is 9.59 Å². The zero-order chi connectivity index (χ0) is 12.7. The number of benzene rings is 1. The van der Waals surface area contributed by atoms with Crippen LogP contribution >= 0.6 is 0 Å². The molecule has 0 spiro atoms. The third kappa shape index (κ3) is 3.70. The van der Waals surface area contributed by atoms with Gasteiger partial charge in [0.15, 0.2) is 0 Å². The second-order valence-electron chi connectivity index (χ2n) is 3.97. The summed E-state index contributed by atoms with van der Waals surface area (Å²) in [4.78, 5) is 25.4. The molecule has 1 aromatic rings. The maximum absolute atomic E-state index is 12.2. The van der Waals surface area contributed by atoms with Crippen molar-refractivity contribution in [2.24, 2.45) is 0 Å². The van der Waals surface area contributed by atoms with E-state index in [2.05, 4.69) is 0 Å². The molecule has 92 valence electrons. The largest absolute Gasteiger partial charge is 0.279 e. The van der Waals surface area contributed by atoms with Gasteiger partial charge < -0.3 is 0 Å². The number of nitrogens with zero attached hydrogens (tertiary/aromatic N) is 1. The topological polar surface area (TPSA) is 37.4 Å². The van der Waals surface area contributed by atoms with Gasteiger partial charge >= 0.3 is 0 Å². The van der Waals surface area contributed by atoms with E-state index < -0.39 is 0 Å². The van der Waals surface area contributed by atoms with E-state index in [-0.39, 0.29) is 11.8 Å². The van der Waals surface area contributed by atoms with Crippen molar-refractivity contribution in [3.05, 3.63) is 35.9 Å². The molecule has 0 saturated heterocycles. The molecule has 0 saturated carbocycles. The Bertz CT molecular complexity index is 373. The van der Waals surface area contributed by atoms with Crippen molar-refractivity contribution >= 4 is 11.8 Å². The first-order chi connectivity index (χ1) is 8.20. The number of carbonyl (C=O) groups is 2. The van der Waals surface area contributed by atoms with Gasteiger partial charge in [0.1, 0.15) is 0 Å². The second kappa shape index (κ2) is 6.84. The molecular weight excluding hydrogens is 214 g/mol. The fraction of sp³-hybridized carbons (Fsp3) is 0.429. The Balaban J connectivity index is 2.84.